The number of hydrogen-bond acceptors (Lipinski definition) is 9. The van der Waals surface area contributed by atoms with E-state index in [1.54, 1.807) is 30.3 Å². The second-order valence-electron chi connectivity index (χ2n) is 5.45. The third-order valence-corrected chi connectivity index (χ3v) is 4.22. The monoisotopic (exact) mass is 493 g/mol. The fraction of sp³-hybridized carbons (Fsp3) is 0.125. The SMILES string of the molecule is CC(=O)C(N=Nc1ccc(S(=O)(=O)[O-])cc1[N+](=O)[O-])C(=O)Nc1ccccc1.[Sr+2]. The molecule has 2 aromatic carbocycles. The number of nitro groups is 1. The zero-order chi connectivity index (χ0) is 20.9. The van der Waals surface area contributed by atoms with Crippen LogP contribution in [-0.4, -0.2) is 81.1 Å². The van der Waals surface area contributed by atoms with Crippen molar-refractivity contribution in [3.8, 4) is 0 Å². The van der Waals surface area contributed by atoms with E-state index in [0.717, 1.165) is 19.1 Å². The van der Waals surface area contributed by atoms with Gasteiger partial charge in [0.2, 0.25) is 6.04 Å². The quantitative estimate of drug-likeness (QED) is 0.153. The predicted molar refractivity (Wildman–Crippen MR) is 101 cm³/mol. The molecule has 1 amide bonds. The number of azo groups is 1. The van der Waals surface area contributed by atoms with E-state index in [1.165, 1.54) is 0 Å². The summed E-state index contributed by atoms with van der Waals surface area (Å²) < 4.78 is 33.0. The second-order valence-corrected chi connectivity index (χ2v) is 6.83. The summed E-state index contributed by atoms with van der Waals surface area (Å²) in [6, 6.07) is 8.87. The topological polar surface area (TPSA) is 171 Å². The number of amides is 1. The van der Waals surface area contributed by atoms with Crippen molar-refractivity contribution in [3.63, 3.8) is 0 Å². The van der Waals surface area contributed by atoms with Crippen molar-refractivity contribution in [1.29, 1.82) is 0 Å². The number of ketones is 1. The summed E-state index contributed by atoms with van der Waals surface area (Å²) in [5, 5.41) is 20.7. The van der Waals surface area contributed by atoms with Crippen LogP contribution in [0.5, 0.6) is 0 Å². The summed E-state index contributed by atoms with van der Waals surface area (Å²) in [5.41, 5.74) is -0.826. The molecule has 0 aromatic heterocycles. The number of rotatable bonds is 7. The Hall–Kier alpha value is -2.03. The Morgan fingerprint density at radius 2 is 1.76 bits per heavy atom. The van der Waals surface area contributed by atoms with Crippen molar-refractivity contribution in [2.75, 3.05) is 5.32 Å². The Balaban J connectivity index is 0.00000420. The average Bonchev–Trinajstić information content (AvgIpc) is 2.61. The van der Waals surface area contributed by atoms with Crippen molar-refractivity contribution in [2.24, 2.45) is 10.2 Å². The third kappa shape index (κ3) is 7.06. The van der Waals surface area contributed by atoms with Gasteiger partial charge in [0.15, 0.2) is 11.5 Å². The molecule has 0 radical (unpaired) electrons. The van der Waals surface area contributed by atoms with Crippen molar-refractivity contribution in [3.05, 3.63) is 58.6 Å². The van der Waals surface area contributed by atoms with Gasteiger partial charge in [0.1, 0.15) is 10.1 Å². The van der Waals surface area contributed by atoms with Crippen LogP contribution in [0.1, 0.15) is 6.92 Å². The zero-order valence-electron chi connectivity index (χ0n) is 15.0. The summed E-state index contributed by atoms with van der Waals surface area (Å²) >= 11 is 0. The largest absolute Gasteiger partial charge is 2.00 e. The first-order valence-electron chi connectivity index (χ1n) is 7.61. The van der Waals surface area contributed by atoms with E-state index in [9.17, 15) is 32.7 Å². The van der Waals surface area contributed by atoms with Crippen molar-refractivity contribution < 1.29 is 27.5 Å². The van der Waals surface area contributed by atoms with Gasteiger partial charge in [-0.25, -0.2) is 8.42 Å². The Morgan fingerprint density at radius 1 is 1.14 bits per heavy atom. The van der Waals surface area contributed by atoms with E-state index in [1.807, 2.05) is 0 Å². The molecule has 1 atom stereocenters. The molecule has 0 aliphatic carbocycles. The van der Waals surface area contributed by atoms with Crippen LogP contribution < -0.4 is 5.32 Å². The Morgan fingerprint density at radius 3 is 2.28 bits per heavy atom. The van der Waals surface area contributed by atoms with E-state index in [2.05, 4.69) is 15.5 Å². The van der Waals surface area contributed by atoms with Gasteiger partial charge in [-0.1, -0.05) is 18.2 Å². The number of para-hydroxylation sites is 1. The number of nitrogens with zero attached hydrogens (tertiary/aromatic N) is 3. The van der Waals surface area contributed by atoms with Crippen LogP contribution in [0.4, 0.5) is 17.1 Å². The molecule has 13 heteroatoms. The standard InChI is InChI=1S/C16H14N4O7S.Sr/c1-10(21)15(16(22)17-11-5-3-2-4-6-11)19-18-13-8-7-12(28(25,26)27)9-14(13)20(23)24;/h2-9,15H,1H3,(H,17,22)(H,25,26,27);/q;+2/p-1. The number of carbonyl (C=O) groups excluding carboxylic acids is 2. The van der Waals surface area contributed by atoms with Gasteiger partial charge in [0.05, 0.1) is 9.82 Å². The normalized spacial score (nSPS) is 12.1. The van der Waals surface area contributed by atoms with E-state index in [-0.39, 0.29) is 45.5 Å². The van der Waals surface area contributed by atoms with Gasteiger partial charge in [0, 0.05) is 11.8 Å². The summed E-state index contributed by atoms with van der Waals surface area (Å²) in [4.78, 5) is 33.3. The summed E-state index contributed by atoms with van der Waals surface area (Å²) in [6.45, 7) is 1.09. The molecule has 146 valence electrons. The van der Waals surface area contributed by atoms with E-state index >= 15 is 0 Å². The van der Waals surface area contributed by atoms with Gasteiger partial charge < -0.3 is 9.87 Å². The Labute approximate surface area is 202 Å². The average molecular weight is 493 g/mol. The van der Waals surface area contributed by atoms with E-state index in [4.69, 9.17) is 0 Å². The van der Waals surface area contributed by atoms with Crippen LogP contribution in [0.3, 0.4) is 0 Å². The van der Waals surface area contributed by atoms with Crippen molar-refractivity contribution in [1.82, 2.24) is 0 Å². The number of Topliss-reactive ketones (excluding diaryl/α,β-unsaturated/α-hetero) is 1. The first-order valence-corrected chi connectivity index (χ1v) is 9.02. The summed E-state index contributed by atoms with van der Waals surface area (Å²) in [6.07, 6.45) is 0. The summed E-state index contributed by atoms with van der Waals surface area (Å²) in [5.74, 6) is -1.47. The Kier molecular flexibility index (Phi) is 9.19. The number of benzene rings is 2. The first-order chi connectivity index (χ1) is 13.1. The molecule has 11 nitrogen and oxygen atoms in total. The van der Waals surface area contributed by atoms with E-state index < -0.39 is 49.0 Å². The molecule has 0 heterocycles. The summed E-state index contributed by atoms with van der Waals surface area (Å²) in [7, 11) is -4.91. The fourth-order valence-corrected chi connectivity index (χ4v) is 2.55. The molecule has 1 unspecified atom stereocenters. The Bertz CT molecular complexity index is 1060. The van der Waals surface area contributed by atoms with Crippen molar-refractivity contribution in [2.45, 2.75) is 17.9 Å². The molecule has 0 saturated heterocycles. The second kappa shape index (κ2) is 10.7. The van der Waals surface area contributed by atoms with Crippen LogP contribution >= 0.6 is 0 Å². The molecule has 0 fully saturated rings. The zero-order valence-corrected chi connectivity index (χ0v) is 19.3. The van der Waals surface area contributed by atoms with Gasteiger partial charge in [-0.3, -0.25) is 19.7 Å². The number of hydrogen-bond donors (Lipinski definition) is 1. The molecule has 2 aromatic rings. The molecule has 1 N–H and O–H groups in total. The minimum absolute atomic E-state index is 0. The first kappa shape index (κ1) is 25.0. The maximum atomic E-state index is 12.2. The van der Waals surface area contributed by atoms with Gasteiger partial charge >= 0.3 is 45.5 Å². The molecule has 2 rings (SSSR count). The number of nitrogens with one attached hydrogen (secondary N) is 1. The van der Waals surface area contributed by atoms with Gasteiger partial charge in [0.25, 0.3) is 11.6 Å². The molecule has 0 saturated carbocycles. The smallest absolute Gasteiger partial charge is 0.744 e. The maximum Gasteiger partial charge on any atom is 2.00 e. The molecular weight excluding hydrogens is 480 g/mol. The minimum Gasteiger partial charge on any atom is -0.744 e. The predicted octanol–water partition coefficient (Wildman–Crippen LogP) is 1.80. The van der Waals surface area contributed by atoms with Crippen LogP contribution in [-0.2, 0) is 19.7 Å². The van der Waals surface area contributed by atoms with E-state index in [0.29, 0.717) is 11.8 Å². The van der Waals surface area contributed by atoms with Gasteiger partial charge in [-0.05, 0) is 31.2 Å². The van der Waals surface area contributed by atoms with Crippen molar-refractivity contribution >= 4 is 84.4 Å². The minimum atomic E-state index is -4.91. The fourth-order valence-electron chi connectivity index (χ4n) is 2.06. The number of anilines is 1. The van der Waals surface area contributed by atoms with Crippen LogP contribution in [0.25, 0.3) is 0 Å². The molecule has 0 spiro atoms. The van der Waals surface area contributed by atoms with Crippen LogP contribution in [0.2, 0.25) is 0 Å². The molecule has 0 aliphatic heterocycles. The molecule has 0 aliphatic rings. The maximum absolute atomic E-state index is 12.2. The molecule has 29 heavy (non-hydrogen) atoms. The number of nitro benzene ring substituents is 1. The molecular formula is C16H13N4O7SSr+. The molecule has 0 bridgehead atoms. The van der Waals surface area contributed by atoms with Crippen LogP contribution in [0.15, 0.2) is 63.7 Å². The van der Waals surface area contributed by atoms with Gasteiger partial charge in [-0.15, -0.1) is 5.11 Å². The number of carbonyl (C=O) groups is 2. The van der Waals surface area contributed by atoms with Crippen LogP contribution in [0, 0.1) is 10.1 Å². The third-order valence-electron chi connectivity index (χ3n) is 3.39. The van der Waals surface area contributed by atoms with Gasteiger partial charge in [-0.2, -0.15) is 5.11 Å².